The Labute approximate surface area is 179 Å². The number of benzene rings is 2. The number of carbonyl (C=O) groups excluding carboxylic acids is 2. The average molecular weight is 419 g/mol. The van der Waals surface area contributed by atoms with Gasteiger partial charge >= 0.3 is 0 Å². The first-order valence-electron chi connectivity index (χ1n) is 9.74. The highest BCUT2D eigenvalue weighted by Gasteiger charge is 2.41. The molecule has 1 aromatic heterocycles. The maximum absolute atomic E-state index is 13.4. The van der Waals surface area contributed by atoms with Crippen molar-refractivity contribution >= 4 is 40.1 Å². The number of anilines is 2. The summed E-state index contributed by atoms with van der Waals surface area (Å²) >= 11 is 1.43. The van der Waals surface area contributed by atoms with Crippen molar-refractivity contribution in [1.82, 2.24) is 0 Å². The van der Waals surface area contributed by atoms with Crippen molar-refractivity contribution < 1.29 is 14.3 Å². The molecule has 0 saturated carbocycles. The second-order valence-electron chi connectivity index (χ2n) is 6.98. The van der Waals surface area contributed by atoms with Gasteiger partial charge in [0.15, 0.2) is 0 Å². The van der Waals surface area contributed by atoms with E-state index in [0.717, 1.165) is 21.7 Å². The number of ether oxygens (including phenoxy) is 1. The van der Waals surface area contributed by atoms with Crippen molar-refractivity contribution in [3.8, 4) is 5.75 Å². The Morgan fingerprint density at radius 2 is 1.80 bits per heavy atom. The summed E-state index contributed by atoms with van der Waals surface area (Å²) in [6.07, 6.45) is 0. The van der Waals surface area contributed by atoms with Crippen LogP contribution in [0.2, 0.25) is 0 Å². The van der Waals surface area contributed by atoms with Crippen LogP contribution in [0.4, 0.5) is 11.4 Å². The highest BCUT2D eigenvalue weighted by molar-refractivity contribution is 7.11. The van der Waals surface area contributed by atoms with Crippen molar-refractivity contribution in [2.24, 2.45) is 0 Å². The standard InChI is InChI=1S/C24H22N2O3S/c1-4-29-18-10-6-9-17(14-18)26-23(27)21(20-12-7-13-30-20)22(24(26)28)25-19-11-5-8-15(2)16(19)3/h5-14,25H,4H2,1-3H3. The van der Waals surface area contributed by atoms with E-state index in [1.807, 2.05) is 56.5 Å². The van der Waals surface area contributed by atoms with Gasteiger partial charge < -0.3 is 10.1 Å². The third kappa shape index (κ3) is 3.50. The molecule has 0 saturated heterocycles. The predicted octanol–water partition coefficient (Wildman–Crippen LogP) is 5.16. The Bertz CT molecular complexity index is 1150. The molecule has 5 nitrogen and oxygen atoms in total. The number of thiophene rings is 1. The number of hydrogen-bond donors (Lipinski definition) is 1. The van der Waals surface area contributed by atoms with E-state index >= 15 is 0 Å². The first kappa shape index (κ1) is 19.9. The van der Waals surface area contributed by atoms with Gasteiger partial charge in [-0.1, -0.05) is 24.3 Å². The molecule has 2 aromatic carbocycles. The van der Waals surface area contributed by atoms with E-state index < -0.39 is 0 Å². The molecule has 6 heteroatoms. The average Bonchev–Trinajstić information content (AvgIpc) is 3.33. The van der Waals surface area contributed by atoms with Gasteiger partial charge in [-0.25, -0.2) is 4.90 Å². The normalized spacial score (nSPS) is 13.9. The summed E-state index contributed by atoms with van der Waals surface area (Å²) in [5.41, 5.74) is 4.12. The van der Waals surface area contributed by atoms with Gasteiger partial charge in [-0.2, -0.15) is 0 Å². The molecule has 1 aliphatic rings. The molecule has 2 heterocycles. The van der Waals surface area contributed by atoms with Crippen LogP contribution in [0.1, 0.15) is 22.9 Å². The van der Waals surface area contributed by atoms with Crippen LogP contribution in [-0.4, -0.2) is 18.4 Å². The van der Waals surface area contributed by atoms with Gasteiger partial charge in [-0.15, -0.1) is 11.3 Å². The maximum Gasteiger partial charge on any atom is 0.282 e. The van der Waals surface area contributed by atoms with E-state index in [1.54, 1.807) is 24.3 Å². The third-order valence-corrected chi connectivity index (χ3v) is 5.99. The molecule has 0 spiro atoms. The van der Waals surface area contributed by atoms with E-state index in [4.69, 9.17) is 4.74 Å². The fourth-order valence-electron chi connectivity index (χ4n) is 3.43. The lowest BCUT2D eigenvalue weighted by molar-refractivity contribution is -0.120. The number of nitrogens with zero attached hydrogens (tertiary/aromatic N) is 1. The Kier molecular flexibility index (Phi) is 5.42. The quantitative estimate of drug-likeness (QED) is 0.562. The molecular weight excluding hydrogens is 396 g/mol. The van der Waals surface area contributed by atoms with E-state index in [1.165, 1.54) is 16.2 Å². The van der Waals surface area contributed by atoms with Gasteiger partial charge in [0.25, 0.3) is 11.8 Å². The largest absolute Gasteiger partial charge is 0.494 e. The summed E-state index contributed by atoms with van der Waals surface area (Å²) in [4.78, 5) is 28.8. The zero-order valence-electron chi connectivity index (χ0n) is 17.1. The van der Waals surface area contributed by atoms with Crippen LogP contribution in [-0.2, 0) is 9.59 Å². The van der Waals surface area contributed by atoms with Crippen LogP contribution >= 0.6 is 11.3 Å². The van der Waals surface area contributed by atoms with Gasteiger partial charge in [0.2, 0.25) is 0 Å². The van der Waals surface area contributed by atoms with Crippen molar-refractivity contribution in [3.63, 3.8) is 0 Å². The highest BCUT2D eigenvalue weighted by atomic mass is 32.1. The summed E-state index contributed by atoms with van der Waals surface area (Å²) in [7, 11) is 0. The lowest BCUT2D eigenvalue weighted by Gasteiger charge is -2.17. The Hall–Kier alpha value is -3.38. The minimum absolute atomic E-state index is 0.290. The van der Waals surface area contributed by atoms with Gasteiger partial charge in [0, 0.05) is 16.6 Å². The van der Waals surface area contributed by atoms with Crippen LogP contribution in [0.5, 0.6) is 5.75 Å². The molecule has 152 valence electrons. The van der Waals surface area contributed by atoms with E-state index in [9.17, 15) is 9.59 Å². The Morgan fingerprint density at radius 1 is 1.00 bits per heavy atom. The van der Waals surface area contributed by atoms with Gasteiger partial charge in [0.05, 0.1) is 17.9 Å². The lowest BCUT2D eigenvalue weighted by Crippen LogP contribution is -2.32. The molecule has 4 rings (SSSR count). The molecule has 2 amide bonds. The summed E-state index contributed by atoms with van der Waals surface area (Å²) in [5, 5.41) is 5.15. The Morgan fingerprint density at radius 3 is 2.53 bits per heavy atom. The van der Waals surface area contributed by atoms with E-state index in [-0.39, 0.29) is 17.5 Å². The Balaban J connectivity index is 1.79. The molecule has 0 fully saturated rings. The molecule has 30 heavy (non-hydrogen) atoms. The summed E-state index contributed by atoms with van der Waals surface area (Å²) in [5.74, 6) is -0.105. The summed E-state index contributed by atoms with van der Waals surface area (Å²) < 4.78 is 5.55. The van der Waals surface area contributed by atoms with Crippen LogP contribution in [0.15, 0.2) is 65.7 Å². The zero-order chi connectivity index (χ0) is 21.3. The van der Waals surface area contributed by atoms with Gasteiger partial charge in [0.1, 0.15) is 11.4 Å². The van der Waals surface area contributed by atoms with Gasteiger partial charge in [-0.3, -0.25) is 9.59 Å². The predicted molar refractivity (Wildman–Crippen MR) is 121 cm³/mol. The number of hydrogen-bond acceptors (Lipinski definition) is 5. The smallest absolute Gasteiger partial charge is 0.282 e. The molecule has 0 atom stereocenters. The second-order valence-corrected chi connectivity index (χ2v) is 7.92. The molecular formula is C24H22N2O3S. The van der Waals surface area contributed by atoms with Crippen molar-refractivity contribution in [2.45, 2.75) is 20.8 Å². The van der Waals surface area contributed by atoms with Crippen molar-refractivity contribution in [1.29, 1.82) is 0 Å². The number of nitrogens with one attached hydrogen (secondary N) is 1. The topological polar surface area (TPSA) is 58.6 Å². The number of aryl methyl sites for hydroxylation is 1. The minimum atomic E-state index is -0.377. The number of amides is 2. The SMILES string of the molecule is CCOc1cccc(N2C(=O)C(Nc3cccc(C)c3C)=C(c3cccs3)C2=O)c1. The van der Waals surface area contributed by atoms with Crippen molar-refractivity contribution in [3.05, 3.63) is 81.7 Å². The third-order valence-electron chi connectivity index (χ3n) is 5.10. The molecule has 1 N–H and O–H groups in total. The van der Waals surface area contributed by atoms with Crippen molar-refractivity contribution in [2.75, 3.05) is 16.8 Å². The zero-order valence-corrected chi connectivity index (χ0v) is 17.9. The van der Waals surface area contributed by atoms with Crippen LogP contribution in [0.3, 0.4) is 0 Å². The number of carbonyl (C=O) groups is 2. The molecule has 3 aromatic rings. The van der Waals surface area contributed by atoms with Crippen LogP contribution in [0, 0.1) is 13.8 Å². The van der Waals surface area contributed by atoms with Gasteiger partial charge in [-0.05, 0) is 61.5 Å². The fourth-order valence-corrected chi connectivity index (χ4v) is 4.20. The monoisotopic (exact) mass is 418 g/mol. The summed E-state index contributed by atoms with van der Waals surface area (Å²) in [6.45, 7) is 6.40. The van der Waals surface area contributed by atoms with Crippen LogP contribution < -0.4 is 15.0 Å². The molecule has 0 radical (unpaired) electrons. The fraction of sp³-hybridized carbons (Fsp3) is 0.167. The molecule has 0 bridgehead atoms. The molecule has 1 aliphatic heterocycles. The molecule has 0 unspecified atom stereocenters. The van der Waals surface area contributed by atoms with E-state index in [0.29, 0.717) is 23.6 Å². The number of imide groups is 1. The first-order chi connectivity index (χ1) is 14.5. The highest BCUT2D eigenvalue weighted by Crippen LogP contribution is 2.37. The first-order valence-corrected chi connectivity index (χ1v) is 10.6. The second kappa shape index (κ2) is 8.16. The minimum Gasteiger partial charge on any atom is -0.494 e. The van der Waals surface area contributed by atoms with Crippen LogP contribution in [0.25, 0.3) is 5.57 Å². The van der Waals surface area contributed by atoms with E-state index in [2.05, 4.69) is 5.32 Å². The molecule has 0 aliphatic carbocycles. The number of rotatable bonds is 6. The summed E-state index contributed by atoms with van der Waals surface area (Å²) in [6, 6.07) is 16.6. The maximum atomic E-state index is 13.4. The lowest BCUT2D eigenvalue weighted by atomic mass is 10.1.